The molecule has 0 aliphatic carbocycles. The van der Waals surface area contributed by atoms with Gasteiger partial charge in [0.2, 0.25) is 0 Å². The first-order valence-corrected chi connectivity index (χ1v) is 7.05. The van der Waals surface area contributed by atoms with Gasteiger partial charge in [0.25, 0.3) is 0 Å². The lowest BCUT2D eigenvalue weighted by Gasteiger charge is -2.25. The number of carbonyl (C=O) groups is 1. The van der Waals surface area contributed by atoms with Gasteiger partial charge in [-0.15, -0.1) is 0 Å². The predicted molar refractivity (Wildman–Crippen MR) is 79.1 cm³/mol. The van der Waals surface area contributed by atoms with E-state index in [4.69, 9.17) is 15.2 Å². The van der Waals surface area contributed by atoms with Gasteiger partial charge in [-0.25, -0.2) is 4.79 Å². The summed E-state index contributed by atoms with van der Waals surface area (Å²) in [4.78, 5) is 13.9. The summed E-state index contributed by atoms with van der Waals surface area (Å²) in [6.45, 7) is 6.70. The Morgan fingerprint density at radius 3 is 3.05 bits per heavy atom. The summed E-state index contributed by atoms with van der Waals surface area (Å²) in [6, 6.07) is 5.34. The summed E-state index contributed by atoms with van der Waals surface area (Å²) >= 11 is 0. The molecule has 110 valence electrons. The number of rotatable bonds is 3. The largest absolute Gasteiger partial charge is 0.462 e. The van der Waals surface area contributed by atoms with Gasteiger partial charge in [0.05, 0.1) is 29.6 Å². The summed E-state index contributed by atoms with van der Waals surface area (Å²) in [5, 5.41) is 0. The summed E-state index contributed by atoms with van der Waals surface area (Å²) in [5.41, 5.74) is 8.14. The fourth-order valence-electron chi connectivity index (χ4n) is 2.40. The first kappa shape index (κ1) is 14.7. The average molecular weight is 278 g/mol. The monoisotopic (exact) mass is 278 g/mol. The zero-order chi connectivity index (χ0) is 14.5. The molecule has 0 amide bonds. The molecule has 1 aliphatic rings. The molecule has 1 heterocycles. The molecule has 1 saturated heterocycles. The second-order valence-corrected chi connectivity index (χ2v) is 4.98. The van der Waals surface area contributed by atoms with Gasteiger partial charge in [-0.3, -0.25) is 0 Å². The Labute approximate surface area is 119 Å². The second-order valence-electron chi connectivity index (χ2n) is 4.98. The number of carbonyl (C=O) groups excluding carboxylic acids is 1. The molecule has 2 rings (SSSR count). The maximum absolute atomic E-state index is 11.7. The smallest absolute Gasteiger partial charge is 0.338 e. The SMILES string of the molecule is CCOC(=O)c1ccc(N2CCCOC(C)C2)c(N)c1. The number of nitrogen functional groups attached to an aromatic ring is 1. The first-order valence-electron chi connectivity index (χ1n) is 7.05. The Hall–Kier alpha value is -1.75. The van der Waals surface area contributed by atoms with E-state index < -0.39 is 0 Å². The Morgan fingerprint density at radius 1 is 1.55 bits per heavy atom. The highest BCUT2D eigenvalue weighted by atomic mass is 16.5. The van der Waals surface area contributed by atoms with Crippen LogP contribution in [0.15, 0.2) is 18.2 Å². The van der Waals surface area contributed by atoms with Crippen LogP contribution in [0.25, 0.3) is 0 Å². The predicted octanol–water partition coefficient (Wildman–Crippen LogP) is 2.06. The van der Waals surface area contributed by atoms with Gasteiger partial charge in [0.15, 0.2) is 0 Å². The van der Waals surface area contributed by atoms with Gasteiger partial charge >= 0.3 is 5.97 Å². The minimum atomic E-state index is -0.335. The van der Waals surface area contributed by atoms with Crippen molar-refractivity contribution in [3.63, 3.8) is 0 Å². The third kappa shape index (κ3) is 3.42. The summed E-state index contributed by atoms with van der Waals surface area (Å²) < 4.78 is 10.6. The molecule has 1 fully saturated rings. The minimum Gasteiger partial charge on any atom is -0.462 e. The van der Waals surface area contributed by atoms with E-state index >= 15 is 0 Å². The van der Waals surface area contributed by atoms with E-state index in [1.807, 2.05) is 6.07 Å². The van der Waals surface area contributed by atoms with Crippen LogP contribution in [0, 0.1) is 0 Å². The average Bonchev–Trinajstić information content (AvgIpc) is 2.63. The third-order valence-electron chi connectivity index (χ3n) is 3.33. The van der Waals surface area contributed by atoms with Crippen molar-refractivity contribution in [2.75, 3.05) is 36.9 Å². The Kier molecular flexibility index (Phi) is 4.84. The van der Waals surface area contributed by atoms with Crippen LogP contribution in [0.4, 0.5) is 11.4 Å². The van der Waals surface area contributed by atoms with E-state index in [2.05, 4.69) is 11.8 Å². The van der Waals surface area contributed by atoms with Crippen molar-refractivity contribution in [1.29, 1.82) is 0 Å². The molecule has 0 saturated carbocycles. The van der Waals surface area contributed by atoms with Crippen molar-refractivity contribution in [3.8, 4) is 0 Å². The number of nitrogens with two attached hydrogens (primary N) is 1. The molecule has 0 radical (unpaired) electrons. The zero-order valence-electron chi connectivity index (χ0n) is 12.1. The van der Waals surface area contributed by atoms with Crippen molar-refractivity contribution >= 4 is 17.3 Å². The highest BCUT2D eigenvalue weighted by Gasteiger charge is 2.18. The topological polar surface area (TPSA) is 64.8 Å². The number of benzene rings is 1. The number of anilines is 2. The van der Waals surface area contributed by atoms with Crippen LogP contribution in [0.5, 0.6) is 0 Å². The number of nitrogens with zero attached hydrogens (tertiary/aromatic N) is 1. The van der Waals surface area contributed by atoms with Crippen molar-refractivity contribution in [2.24, 2.45) is 0 Å². The number of esters is 1. The maximum atomic E-state index is 11.7. The minimum absolute atomic E-state index is 0.182. The summed E-state index contributed by atoms with van der Waals surface area (Å²) in [7, 11) is 0. The van der Waals surface area contributed by atoms with Crippen molar-refractivity contribution in [2.45, 2.75) is 26.4 Å². The zero-order valence-corrected chi connectivity index (χ0v) is 12.1. The number of ether oxygens (including phenoxy) is 2. The lowest BCUT2D eigenvalue weighted by molar-refractivity contribution is 0.0526. The standard InChI is InChI=1S/C15H22N2O3/c1-3-19-15(18)12-5-6-14(13(16)9-12)17-7-4-8-20-11(2)10-17/h5-6,9,11H,3-4,7-8,10,16H2,1-2H3. The summed E-state index contributed by atoms with van der Waals surface area (Å²) in [6.07, 6.45) is 1.16. The molecule has 1 aromatic rings. The van der Waals surface area contributed by atoms with Crippen LogP contribution in [0.3, 0.4) is 0 Å². The Morgan fingerprint density at radius 2 is 2.35 bits per heavy atom. The molecule has 20 heavy (non-hydrogen) atoms. The van der Waals surface area contributed by atoms with Crippen molar-refractivity contribution < 1.29 is 14.3 Å². The highest BCUT2D eigenvalue weighted by Crippen LogP contribution is 2.26. The van der Waals surface area contributed by atoms with E-state index in [1.165, 1.54) is 0 Å². The fraction of sp³-hybridized carbons (Fsp3) is 0.533. The number of hydrogen-bond acceptors (Lipinski definition) is 5. The Balaban J connectivity index is 2.18. The lowest BCUT2D eigenvalue weighted by Crippen LogP contribution is -2.30. The maximum Gasteiger partial charge on any atom is 0.338 e. The fourth-order valence-corrected chi connectivity index (χ4v) is 2.40. The van der Waals surface area contributed by atoms with Gasteiger partial charge in [0.1, 0.15) is 0 Å². The molecule has 2 N–H and O–H groups in total. The van der Waals surface area contributed by atoms with Gasteiger partial charge in [-0.1, -0.05) is 0 Å². The van der Waals surface area contributed by atoms with Crippen LogP contribution in [-0.4, -0.2) is 38.4 Å². The molecule has 0 bridgehead atoms. The van der Waals surface area contributed by atoms with Gasteiger partial charge in [-0.05, 0) is 38.5 Å². The van der Waals surface area contributed by atoms with Gasteiger partial charge in [0, 0.05) is 19.7 Å². The van der Waals surface area contributed by atoms with Crippen LogP contribution in [0.1, 0.15) is 30.6 Å². The molecule has 5 nitrogen and oxygen atoms in total. The van der Waals surface area contributed by atoms with Gasteiger partial charge < -0.3 is 20.1 Å². The third-order valence-corrected chi connectivity index (χ3v) is 3.33. The normalized spacial score (nSPS) is 19.5. The van der Waals surface area contributed by atoms with Gasteiger partial charge in [-0.2, -0.15) is 0 Å². The molecule has 1 atom stereocenters. The highest BCUT2D eigenvalue weighted by molar-refractivity contribution is 5.92. The molecule has 1 aromatic carbocycles. The molecule has 0 spiro atoms. The quantitative estimate of drug-likeness (QED) is 0.677. The van der Waals surface area contributed by atoms with Crippen molar-refractivity contribution in [3.05, 3.63) is 23.8 Å². The van der Waals surface area contributed by atoms with E-state index in [9.17, 15) is 4.79 Å². The van der Waals surface area contributed by atoms with E-state index in [1.54, 1.807) is 19.1 Å². The van der Waals surface area contributed by atoms with Crippen LogP contribution in [0.2, 0.25) is 0 Å². The Bertz CT molecular complexity index is 476. The van der Waals surface area contributed by atoms with Crippen LogP contribution in [-0.2, 0) is 9.47 Å². The van der Waals surface area contributed by atoms with E-state index in [0.29, 0.717) is 17.9 Å². The lowest BCUT2D eigenvalue weighted by atomic mass is 10.1. The number of hydrogen-bond donors (Lipinski definition) is 1. The molecular formula is C15H22N2O3. The van der Waals surface area contributed by atoms with Crippen LogP contribution >= 0.6 is 0 Å². The summed E-state index contributed by atoms with van der Waals surface area (Å²) in [5.74, 6) is -0.335. The van der Waals surface area contributed by atoms with Crippen molar-refractivity contribution in [1.82, 2.24) is 0 Å². The molecule has 5 heteroatoms. The molecule has 1 unspecified atom stereocenters. The molecule has 0 aromatic heterocycles. The van der Waals surface area contributed by atoms with E-state index in [-0.39, 0.29) is 12.1 Å². The molecular weight excluding hydrogens is 256 g/mol. The first-order chi connectivity index (χ1) is 9.61. The molecule has 1 aliphatic heterocycles. The van der Waals surface area contributed by atoms with E-state index in [0.717, 1.165) is 31.8 Å². The van der Waals surface area contributed by atoms with Crippen LogP contribution < -0.4 is 10.6 Å². The second kappa shape index (κ2) is 6.61.